The fourth-order valence-electron chi connectivity index (χ4n) is 4.87. The van der Waals surface area contributed by atoms with Gasteiger partial charge in [-0.25, -0.2) is 4.99 Å². The SMILES string of the molecule is CCC(CC)C(=O)NC(=NC=N)c1ccc([C@]2(C#N)O[C@H](COC(=O)Cc3ccccc3)[C@@H](OC(=O)[C@@H](N)C(C)(C)C)[C@H]2O)[nH]1. The van der Waals surface area contributed by atoms with Crippen molar-refractivity contribution in [2.75, 3.05) is 6.61 Å². The molecule has 0 saturated carbocycles. The van der Waals surface area contributed by atoms with Gasteiger partial charge in [0.25, 0.3) is 0 Å². The highest BCUT2D eigenvalue weighted by atomic mass is 16.6. The van der Waals surface area contributed by atoms with Crippen LogP contribution in [0.15, 0.2) is 47.5 Å². The number of aliphatic imine (C=N–C) groups is 1. The zero-order valence-electron chi connectivity index (χ0n) is 26.2. The van der Waals surface area contributed by atoms with E-state index in [1.807, 2.05) is 26.0 Å². The number of nitrogens with one attached hydrogen (secondary N) is 3. The van der Waals surface area contributed by atoms with Gasteiger partial charge < -0.3 is 35.4 Å². The van der Waals surface area contributed by atoms with Gasteiger partial charge >= 0.3 is 11.9 Å². The highest BCUT2D eigenvalue weighted by Crippen LogP contribution is 2.41. The number of hydrogen-bond acceptors (Lipinski definition) is 10. The number of nitrogens with two attached hydrogens (primary N) is 1. The number of amides is 1. The zero-order chi connectivity index (χ0) is 33.4. The molecule has 1 fully saturated rings. The largest absolute Gasteiger partial charge is 0.463 e. The Hall–Kier alpha value is -4.38. The Bertz CT molecular complexity index is 1420. The zero-order valence-corrected chi connectivity index (χ0v) is 26.2. The summed E-state index contributed by atoms with van der Waals surface area (Å²) in [6.45, 7) is 8.58. The first-order valence-corrected chi connectivity index (χ1v) is 14.8. The molecule has 1 aliphatic rings. The lowest BCUT2D eigenvalue weighted by atomic mass is 9.87. The predicted molar refractivity (Wildman–Crippen MR) is 165 cm³/mol. The fraction of sp³-hybridized carbons (Fsp3) is 0.500. The van der Waals surface area contributed by atoms with Crippen molar-refractivity contribution in [3.8, 4) is 6.07 Å². The minimum atomic E-state index is -2.11. The number of carbonyl (C=O) groups is 3. The van der Waals surface area contributed by atoms with Crippen LogP contribution >= 0.6 is 0 Å². The number of aliphatic hydroxyl groups is 1. The average molecular weight is 623 g/mol. The average Bonchev–Trinajstić information content (AvgIpc) is 3.60. The van der Waals surface area contributed by atoms with Gasteiger partial charge in [-0.2, -0.15) is 5.26 Å². The second-order valence-electron chi connectivity index (χ2n) is 11.9. The van der Waals surface area contributed by atoms with E-state index >= 15 is 0 Å². The van der Waals surface area contributed by atoms with Crippen LogP contribution in [-0.4, -0.2) is 71.1 Å². The van der Waals surface area contributed by atoms with E-state index in [1.54, 1.807) is 45.0 Å². The third-order valence-electron chi connectivity index (χ3n) is 7.77. The van der Waals surface area contributed by atoms with E-state index in [-0.39, 0.29) is 35.5 Å². The number of nitrogens with zero attached hydrogens (tertiary/aromatic N) is 2. The van der Waals surface area contributed by atoms with Crippen LogP contribution in [0.4, 0.5) is 0 Å². The molecule has 6 N–H and O–H groups in total. The summed E-state index contributed by atoms with van der Waals surface area (Å²) >= 11 is 0. The molecule has 1 saturated heterocycles. The van der Waals surface area contributed by atoms with Crippen molar-refractivity contribution in [3.63, 3.8) is 0 Å². The summed E-state index contributed by atoms with van der Waals surface area (Å²) in [5, 5.41) is 32.1. The van der Waals surface area contributed by atoms with Crippen molar-refractivity contribution in [2.45, 2.75) is 83.8 Å². The Morgan fingerprint density at radius 2 is 1.89 bits per heavy atom. The van der Waals surface area contributed by atoms with Gasteiger partial charge in [0.05, 0.1) is 17.8 Å². The third kappa shape index (κ3) is 8.21. The van der Waals surface area contributed by atoms with Crippen LogP contribution in [-0.2, 0) is 40.6 Å². The Morgan fingerprint density at radius 3 is 2.47 bits per heavy atom. The molecule has 2 aromatic rings. The lowest BCUT2D eigenvalue weighted by Crippen LogP contribution is -2.49. The first kappa shape index (κ1) is 35.1. The van der Waals surface area contributed by atoms with Gasteiger partial charge in [-0.3, -0.25) is 19.8 Å². The molecule has 1 aliphatic heterocycles. The van der Waals surface area contributed by atoms with Crippen molar-refractivity contribution < 1.29 is 33.7 Å². The van der Waals surface area contributed by atoms with Gasteiger partial charge in [0, 0.05) is 5.92 Å². The summed E-state index contributed by atoms with van der Waals surface area (Å²) in [5.41, 5.74) is 4.33. The maximum Gasteiger partial charge on any atom is 0.323 e. The minimum absolute atomic E-state index is 0.0271. The van der Waals surface area contributed by atoms with Crippen molar-refractivity contribution in [1.29, 1.82) is 10.7 Å². The molecular weight excluding hydrogens is 580 g/mol. The smallest absolute Gasteiger partial charge is 0.323 e. The van der Waals surface area contributed by atoms with Gasteiger partial charge in [-0.1, -0.05) is 65.0 Å². The van der Waals surface area contributed by atoms with Crippen molar-refractivity contribution >= 4 is 30.0 Å². The molecule has 1 amide bonds. The summed E-state index contributed by atoms with van der Waals surface area (Å²) in [4.78, 5) is 45.3. The first-order chi connectivity index (χ1) is 21.3. The topological polar surface area (TPSA) is 213 Å². The van der Waals surface area contributed by atoms with Gasteiger partial charge in [0.2, 0.25) is 11.5 Å². The number of carbonyl (C=O) groups excluding carboxylic acids is 3. The highest BCUT2D eigenvalue weighted by molar-refractivity contribution is 6.09. The van der Waals surface area contributed by atoms with Crippen LogP contribution in [0.1, 0.15) is 64.4 Å². The number of nitriles is 1. The number of benzene rings is 1. The Kier molecular flexibility index (Phi) is 11.8. The molecule has 45 heavy (non-hydrogen) atoms. The van der Waals surface area contributed by atoms with E-state index in [0.29, 0.717) is 12.8 Å². The van der Waals surface area contributed by atoms with Crippen LogP contribution in [0, 0.1) is 28.1 Å². The van der Waals surface area contributed by atoms with Crippen LogP contribution in [0.25, 0.3) is 0 Å². The molecule has 3 rings (SSSR count). The Morgan fingerprint density at radius 1 is 1.22 bits per heavy atom. The molecule has 13 nitrogen and oxygen atoms in total. The van der Waals surface area contributed by atoms with Crippen molar-refractivity contribution in [1.82, 2.24) is 10.3 Å². The summed E-state index contributed by atoms with van der Waals surface area (Å²) < 4.78 is 17.2. The second kappa shape index (κ2) is 15.1. The Labute approximate surface area is 262 Å². The summed E-state index contributed by atoms with van der Waals surface area (Å²) in [5.74, 6) is -1.96. The number of H-pyrrole nitrogens is 1. The van der Waals surface area contributed by atoms with E-state index in [2.05, 4.69) is 15.3 Å². The number of rotatable bonds is 12. The normalized spacial score (nSPS) is 22.4. The monoisotopic (exact) mass is 622 g/mol. The van der Waals surface area contributed by atoms with Crippen molar-refractivity contribution in [3.05, 3.63) is 59.4 Å². The maximum absolute atomic E-state index is 13.0. The van der Waals surface area contributed by atoms with E-state index in [1.165, 1.54) is 12.1 Å². The maximum atomic E-state index is 13.0. The lowest BCUT2D eigenvalue weighted by Gasteiger charge is -2.28. The van der Waals surface area contributed by atoms with Crippen LogP contribution in [0.5, 0.6) is 0 Å². The number of aliphatic hydroxyl groups excluding tert-OH is 1. The number of aromatic nitrogens is 1. The van der Waals surface area contributed by atoms with E-state index in [0.717, 1.165) is 11.9 Å². The predicted octanol–water partition coefficient (Wildman–Crippen LogP) is 2.47. The van der Waals surface area contributed by atoms with E-state index in [4.69, 9.17) is 25.4 Å². The van der Waals surface area contributed by atoms with Crippen LogP contribution in [0.2, 0.25) is 0 Å². The van der Waals surface area contributed by atoms with Gasteiger partial charge in [0.15, 0.2) is 11.9 Å². The summed E-state index contributed by atoms with van der Waals surface area (Å²) in [6.07, 6.45) is -2.49. The lowest BCUT2D eigenvalue weighted by molar-refractivity contribution is -0.163. The molecule has 0 bridgehead atoms. The second-order valence-corrected chi connectivity index (χ2v) is 11.9. The molecule has 0 radical (unpaired) electrons. The third-order valence-corrected chi connectivity index (χ3v) is 7.77. The minimum Gasteiger partial charge on any atom is -0.463 e. The molecule has 5 atom stereocenters. The van der Waals surface area contributed by atoms with Crippen molar-refractivity contribution in [2.24, 2.45) is 22.1 Å². The quantitative estimate of drug-likeness (QED) is 0.133. The standard InChI is InChI=1S/C32H42N6O7/c1-6-20(7-2)29(41)38-28(36-18-34)21-13-14-23(37-21)32(17-33)27(40)25(44-30(42)26(35)31(3,4)5)22(45-32)16-43-24(39)15-19-11-9-8-10-12-19/h8-14,18,20,22,25-27,37,40H,6-7,15-16,35H2,1-5H3,(H2,34,36,38,41)/t22-,25-,26-,27-,32+/m1/s1. The number of amidine groups is 1. The molecule has 0 aliphatic carbocycles. The molecule has 2 heterocycles. The van der Waals surface area contributed by atoms with Crippen LogP contribution < -0.4 is 11.1 Å². The van der Waals surface area contributed by atoms with E-state index < -0.39 is 53.9 Å². The number of ether oxygens (including phenoxy) is 3. The molecule has 242 valence electrons. The summed E-state index contributed by atoms with van der Waals surface area (Å²) in [7, 11) is 0. The summed E-state index contributed by atoms with van der Waals surface area (Å²) in [6, 6.07) is 12.8. The molecule has 0 spiro atoms. The van der Waals surface area contributed by atoms with Gasteiger partial charge in [-0.15, -0.1) is 0 Å². The molecule has 1 aromatic carbocycles. The highest BCUT2D eigenvalue weighted by Gasteiger charge is 2.59. The number of esters is 2. The number of aromatic amines is 1. The molecule has 13 heteroatoms. The van der Waals surface area contributed by atoms with E-state index in [9.17, 15) is 24.8 Å². The fourth-order valence-corrected chi connectivity index (χ4v) is 4.87. The van der Waals surface area contributed by atoms with Crippen LogP contribution in [0.3, 0.4) is 0 Å². The van der Waals surface area contributed by atoms with Gasteiger partial charge in [-0.05, 0) is 36.0 Å². The molecular formula is C32H42N6O7. The Balaban J connectivity index is 1.92. The van der Waals surface area contributed by atoms with Gasteiger partial charge in [0.1, 0.15) is 37.3 Å². The number of hydrogen-bond donors (Lipinski definition) is 5. The molecule has 1 aromatic heterocycles. The first-order valence-electron chi connectivity index (χ1n) is 14.8. The molecule has 0 unspecified atom stereocenters.